The summed E-state index contributed by atoms with van der Waals surface area (Å²) in [6.45, 7) is 2.59. The molecule has 0 aromatic heterocycles. The van der Waals surface area contributed by atoms with Crippen molar-refractivity contribution in [3.8, 4) is 0 Å². The van der Waals surface area contributed by atoms with Crippen molar-refractivity contribution in [2.24, 2.45) is 0 Å². The molecule has 8 heteroatoms. The lowest BCUT2D eigenvalue weighted by Crippen LogP contribution is -3.11. The average molecular weight is 385 g/mol. The molecule has 2 N–H and O–H groups in total. The zero-order valence-electron chi connectivity index (χ0n) is 13.0. The van der Waals surface area contributed by atoms with Gasteiger partial charge < -0.3 is 15.0 Å². The lowest BCUT2D eigenvalue weighted by Gasteiger charge is -2.16. The Bertz CT molecular complexity index is 635. The topological polar surface area (TPSA) is 80.2 Å². The van der Waals surface area contributed by atoms with Gasteiger partial charge in [0.15, 0.2) is 13.1 Å². The fraction of sp³-hybridized carbons (Fsp3) is 0.400. The number of carbonyl (C=O) groups excluding carboxylic acids is 3. The maximum absolute atomic E-state index is 12.1. The summed E-state index contributed by atoms with van der Waals surface area (Å²) in [4.78, 5) is 37.1. The number of imide groups is 1. The number of rotatable bonds is 5. The van der Waals surface area contributed by atoms with Gasteiger partial charge in [0.05, 0.1) is 13.6 Å². The molecule has 0 saturated carbocycles. The van der Waals surface area contributed by atoms with Crippen LogP contribution in [0.2, 0.25) is 0 Å². The number of cyclic esters (lactones) is 1. The SMILES string of the molecule is Cc1cc(Br)ccc1NC(=O)C[NH+](C)CC(=O)N1CCOC1=O. The molecule has 1 aromatic carbocycles. The molecule has 1 fully saturated rings. The standard InChI is InChI=1S/C15H18BrN3O4/c1-10-7-11(16)3-4-12(10)17-13(20)8-18(2)9-14(21)19-5-6-23-15(19)22/h3-4,7H,5-6,8-9H2,1-2H3,(H,17,20)/p+1. The van der Waals surface area contributed by atoms with Crippen molar-refractivity contribution >= 4 is 39.5 Å². The number of anilines is 1. The molecule has 0 aliphatic carbocycles. The predicted octanol–water partition coefficient (Wildman–Crippen LogP) is 0.190. The van der Waals surface area contributed by atoms with Crippen LogP contribution in [0.25, 0.3) is 0 Å². The average Bonchev–Trinajstić information content (AvgIpc) is 2.88. The smallest absolute Gasteiger partial charge is 0.416 e. The first-order chi connectivity index (χ1) is 10.9. The number of ether oxygens (including phenoxy) is 1. The fourth-order valence-electron chi connectivity index (χ4n) is 2.27. The maximum atomic E-state index is 12.1. The lowest BCUT2D eigenvalue weighted by atomic mass is 10.2. The number of hydrogen-bond donors (Lipinski definition) is 2. The van der Waals surface area contributed by atoms with E-state index in [0.717, 1.165) is 20.6 Å². The molecular weight excluding hydrogens is 366 g/mol. The van der Waals surface area contributed by atoms with Crippen LogP contribution in [0.15, 0.2) is 22.7 Å². The van der Waals surface area contributed by atoms with Gasteiger partial charge in [-0.2, -0.15) is 0 Å². The molecule has 1 atom stereocenters. The van der Waals surface area contributed by atoms with Gasteiger partial charge in [-0.1, -0.05) is 15.9 Å². The van der Waals surface area contributed by atoms with Crippen LogP contribution in [0.5, 0.6) is 0 Å². The highest BCUT2D eigenvalue weighted by molar-refractivity contribution is 9.10. The monoisotopic (exact) mass is 384 g/mol. The Labute approximate surface area is 142 Å². The summed E-state index contributed by atoms with van der Waals surface area (Å²) in [7, 11) is 1.73. The van der Waals surface area contributed by atoms with Crippen molar-refractivity contribution in [1.29, 1.82) is 0 Å². The molecular formula is C15H19BrN3O4+. The molecule has 0 radical (unpaired) electrons. The first kappa shape index (κ1) is 17.4. The van der Waals surface area contributed by atoms with Crippen LogP contribution in [-0.4, -0.2) is 56.1 Å². The van der Waals surface area contributed by atoms with E-state index in [4.69, 9.17) is 4.74 Å². The molecule has 23 heavy (non-hydrogen) atoms. The van der Waals surface area contributed by atoms with Gasteiger partial charge in [-0.05, 0) is 30.7 Å². The van der Waals surface area contributed by atoms with Gasteiger partial charge in [0, 0.05) is 10.2 Å². The Morgan fingerprint density at radius 1 is 1.39 bits per heavy atom. The second kappa shape index (κ2) is 7.56. The van der Waals surface area contributed by atoms with Gasteiger partial charge >= 0.3 is 6.09 Å². The number of nitrogens with one attached hydrogen (secondary N) is 2. The van der Waals surface area contributed by atoms with Gasteiger partial charge in [0.25, 0.3) is 11.8 Å². The maximum Gasteiger partial charge on any atom is 0.416 e. The number of hydrogen-bond acceptors (Lipinski definition) is 4. The van der Waals surface area contributed by atoms with E-state index in [1.165, 1.54) is 0 Å². The van der Waals surface area contributed by atoms with Crippen LogP contribution in [0.3, 0.4) is 0 Å². The zero-order valence-corrected chi connectivity index (χ0v) is 14.6. The molecule has 0 bridgehead atoms. The van der Waals surface area contributed by atoms with E-state index in [-0.39, 0.29) is 38.1 Å². The molecule has 0 spiro atoms. The Balaban J connectivity index is 1.84. The highest BCUT2D eigenvalue weighted by Gasteiger charge is 2.30. The van der Waals surface area contributed by atoms with Crippen LogP contribution in [0.1, 0.15) is 5.56 Å². The van der Waals surface area contributed by atoms with Crippen LogP contribution in [0, 0.1) is 6.92 Å². The largest absolute Gasteiger partial charge is 0.447 e. The second-order valence-corrected chi connectivity index (χ2v) is 6.39. The van der Waals surface area contributed by atoms with E-state index in [9.17, 15) is 14.4 Å². The number of amides is 3. The molecule has 3 amide bonds. The molecule has 1 aromatic rings. The van der Waals surface area contributed by atoms with Gasteiger partial charge in [-0.15, -0.1) is 0 Å². The minimum atomic E-state index is -0.613. The molecule has 1 unspecified atom stereocenters. The molecule has 1 heterocycles. The number of quaternary nitrogens is 1. The Kier molecular flexibility index (Phi) is 5.73. The molecule has 1 aliphatic heterocycles. The molecule has 7 nitrogen and oxygen atoms in total. The van der Waals surface area contributed by atoms with Gasteiger partial charge in [-0.3, -0.25) is 9.59 Å². The third kappa shape index (κ3) is 4.77. The van der Waals surface area contributed by atoms with Crippen molar-refractivity contribution < 1.29 is 24.0 Å². The van der Waals surface area contributed by atoms with Crippen molar-refractivity contribution in [3.05, 3.63) is 28.2 Å². The van der Waals surface area contributed by atoms with Crippen LogP contribution >= 0.6 is 15.9 Å². The summed E-state index contributed by atoms with van der Waals surface area (Å²) in [5.41, 5.74) is 1.68. The van der Waals surface area contributed by atoms with Crippen molar-refractivity contribution in [1.82, 2.24) is 4.90 Å². The van der Waals surface area contributed by atoms with Gasteiger partial charge in [0.2, 0.25) is 0 Å². The second-order valence-electron chi connectivity index (χ2n) is 5.48. The summed E-state index contributed by atoms with van der Waals surface area (Å²) in [6.07, 6.45) is -0.613. The van der Waals surface area contributed by atoms with Gasteiger partial charge in [-0.25, -0.2) is 9.69 Å². The fourth-order valence-corrected chi connectivity index (χ4v) is 2.75. The summed E-state index contributed by atoms with van der Waals surface area (Å²) in [5, 5.41) is 2.82. The number of benzene rings is 1. The lowest BCUT2D eigenvalue weighted by molar-refractivity contribution is -0.862. The third-order valence-electron chi connectivity index (χ3n) is 3.44. The van der Waals surface area contributed by atoms with Crippen molar-refractivity contribution in [2.45, 2.75) is 6.92 Å². The van der Waals surface area contributed by atoms with E-state index in [2.05, 4.69) is 21.2 Å². The number of carbonyl (C=O) groups is 3. The van der Waals surface area contributed by atoms with Gasteiger partial charge in [0.1, 0.15) is 6.61 Å². The van der Waals surface area contributed by atoms with Crippen molar-refractivity contribution in [2.75, 3.05) is 38.6 Å². The predicted molar refractivity (Wildman–Crippen MR) is 87.2 cm³/mol. The van der Waals surface area contributed by atoms with E-state index < -0.39 is 6.09 Å². The van der Waals surface area contributed by atoms with E-state index in [1.807, 2.05) is 25.1 Å². The van der Waals surface area contributed by atoms with E-state index >= 15 is 0 Å². The van der Waals surface area contributed by atoms with Crippen LogP contribution in [-0.2, 0) is 14.3 Å². The minimum Gasteiger partial charge on any atom is -0.447 e. The van der Waals surface area contributed by atoms with E-state index in [1.54, 1.807) is 7.05 Å². The number of aryl methyl sites for hydroxylation is 1. The van der Waals surface area contributed by atoms with Crippen LogP contribution < -0.4 is 10.2 Å². The third-order valence-corrected chi connectivity index (χ3v) is 3.93. The first-order valence-corrected chi connectivity index (χ1v) is 8.00. The Morgan fingerprint density at radius 2 is 2.13 bits per heavy atom. The minimum absolute atomic E-state index is 0.0574. The first-order valence-electron chi connectivity index (χ1n) is 7.21. The Morgan fingerprint density at radius 3 is 2.74 bits per heavy atom. The highest BCUT2D eigenvalue weighted by atomic mass is 79.9. The molecule has 124 valence electrons. The summed E-state index contributed by atoms with van der Waals surface area (Å²) < 4.78 is 5.67. The summed E-state index contributed by atoms with van der Waals surface area (Å²) in [5.74, 6) is -0.526. The highest BCUT2D eigenvalue weighted by Crippen LogP contribution is 2.19. The zero-order chi connectivity index (χ0) is 17.0. The van der Waals surface area contributed by atoms with Crippen LogP contribution in [0.4, 0.5) is 10.5 Å². The Hall–Kier alpha value is -1.93. The molecule has 2 rings (SSSR count). The summed E-state index contributed by atoms with van der Waals surface area (Å²) >= 11 is 3.37. The van der Waals surface area contributed by atoms with E-state index in [0.29, 0.717) is 4.90 Å². The summed E-state index contributed by atoms with van der Waals surface area (Å²) in [6, 6.07) is 5.58. The van der Waals surface area contributed by atoms with Crippen molar-refractivity contribution in [3.63, 3.8) is 0 Å². The molecule has 1 saturated heterocycles. The molecule has 1 aliphatic rings. The number of nitrogens with zero attached hydrogens (tertiary/aromatic N) is 1. The normalized spacial score (nSPS) is 15.3. The number of halogens is 1. The number of likely N-dealkylation sites (N-methyl/N-ethyl adjacent to an activating group) is 1. The quantitative estimate of drug-likeness (QED) is 0.759.